The minimum atomic E-state index is -0.0404. The van der Waals surface area contributed by atoms with Crippen LogP contribution < -0.4 is 5.32 Å². The van der Waals surface area contributed by atoms with E-state index >= 15 is 0 Å². The molecule has 1 atom stereocenters. The predicted molar refractivity (Wildman–Crippen MR) is 147 cm³/mol. The molecular weight excluding hydrogens is 448 g/mol. The van der Waals surface area contributed by atoms with Gasteiger partial charge in [-0.3, -0.25) is 4.79 Å². The lowest BCUT2D eigenvalue weighted by atomic mass is 9.94. The van der Waals surface area contributed by atoms with Crippen LogP contribution in [0.5, 0.6) is 0 Å². The van der Waals surface area contributed by atoms with E-state index in [9.17, 15) is 4.79 Å². The Balaban J connectivity index is 1.44. The third-order valence-corrected chi connectivity index (χ3v) is 7.38. The van der Waals surface area contributed by atoms with Crippen molar-refractivity contribution in [3.05, 3.63) is 114 Å². The molecule has 35 heavy (non-hydrogen) atoms. The quantitative estimate of drug-likeness (QED) is 0.257. The molecule has 0 unspecified atom stereocenters. The van der Waals surface area contributed by atoms with Gasteiger partial charge in [0.15, 0.2) is 0 Å². The zero-order chi connectivity index (χ0) is 24.2. The maximum Gasteiger partial charge on any atom is 0.251 e. The van der Waals surface area contributed by atoms with Crippen molar-refractivity contribution < 1.29 is 4.79 Å². The molecule has 1 amide bonds. The lowest BCUT2D eigenvalue weighted by Crippen LogP contribution is -2.28. The maximum absolute atomic E-state index is 13.2. The van der Waals surface area contributed by atoms with Gasteiger partial charge in [0, 0.05) is 11.1 Å². The van der Waals surface area contributed by atoms with Gasteiger partial charge < -0.3 is 5.32 Å². The Morgan fingerprint density at radius 2 is 1.57 bits per heavy atom. The molecule has 0 bridgehead atoms. The van der Waals surface area contributed by atoms with Crippen LogP contribution in [0.1, 0.15) is 47.3 Å². The smallest absolute Gasteiger partial charge is 0.251 e. The molecule has 4 aromatic carbocycles. The normalized spacial score (nSPS) is 11.9. The number of benzene rings is 4. The monoisotopic (exact) mass is 476 g/mol. The first-order valence-corrected chi connectivity index (χ1v) is 12.9. The molecule has 0 spiro atoms. The molecule has 1 aromatic heterocycles. The van der Waals surface area contributed by atoms with Gasteiger partial charge in [0.2, 0.25) is 0 Å². The predicted octanol–water partition coefficient (Wildman–Crippen LogP) is 8.21. The molecule has 5 rings (SSSR count). The lowest BCUT2D eigenvalue weighted by Gasteiger charge is -2.19. The molecule has 0 aliphatic heterocycles. The zero-order valence-electron chi connectivity index (χ0n) is 20.0. The highest BCUT2D eigenvalue weighted by atomic mass is 32.1. The number of amides is 1. The molecule has 4 heteroatoms. The first-order valence-electron chi connectivity index (χ1n) is 12.1. The number of carbonyl (C=O) groups excluding carboxylic acids is 1. The lowest BCUT2D eigenvalue weighted by molar-refractivity contribution is 0.0934. The third kappa shape index (κ3) is 4.89. The molecular formula is C31H28N2OS. The largest absolute Gasteiger partial charge is 0.345 e. The van der Waals surface area contributed by atoms with Crippen LogP contribution in [0.3, 0.4) is 0 Å². The summed E-state index contributed by atoms with van der Waals surface area (Å²) in [4.78, 5) is 18.0. The van der Waals surface area contributed by atoms with Gasteiger partial charge in [-0.1, -0.05) is 86.1 Å². The van der Waals surface area contributed by atoms with E-state index in [4.69, 9.17) is 4.98 Å². The fourth-order valence-corrected chi connectivity index (χ4v) is 5.54. The van der Waals surface area contributed by atoms with Crippen LogP contribution in [-0.2, 0) is 0 Å². The summed E-state index contributed by atoms with van der Waals surface area (Å²) in [5, 5.41) is 4.25. The second-order valence-electron chi connectivity index (χ2n) is 8.79. The molecule has 5 aromatic rings. The van der Waals surface area contributed by atoms with Crippen molar-refractivity contribution in [3.8, 4) is 21.7 Å². The summed E-state index contributed by atoms with van der Waals surface area (Å²) in [5.74, 6) is -0.0404. The minimum Gasteiger partial charge on any atom is -0.345 e. The molecule has 1 heterocycles. The summed E-state index contributed by atoms with van der Waals surface area (Å²) in [6.07, 6.45) is 1.91. The van der Waals surface area contributed by atoms with Gasteiger partial charge in [0.1, 0.15) is 5.01 Å². The minimum absolute atomic E-state index is 0.00782. The average Bonchev–Trinajstić information content (AvgIpc) is 3.33. The first kappa shape index (κ1) is 23.0. The van der Waals surface area contributed by atoms with Crippen LogP contribution in [0.15, 0.2) is 97.1 Å². The average molecular weight is 477 g/mol. The Kier molecular flexibility index (Phi) is 6.73. The molecule has 0 radical (unpaired) electrons. The van der Waals surface area contributed by atoms with Gasteiger partial charge in [-0.2, -0.15) is 0 Å². The SMILES string of the molecule is CCC[C@@H](NC(=O)c1ccc(-c2ccccc2-c2nc3ccccc3s2)c(C)c1)c1ccccc1. The number of aryl methyl sites for hydroxylation is 1. The van der Waals surface area contributed by atoms with E-state index in [-0.39, 0.29) is 11.9 Å². The topological polar surface area (TPSA) is 42.0 Å². The number of hydrogen-bond donors (Lipinski definition) is 1. The first-order chi connectivity index (χ1) is 17.1. The van der Waals surface area contributed by atoms with Crippen molar-refractivity contribution in [2.24, 2.45) is 0 Å². The maximum atomic E-state index is 13.2. The van der Waals surface area contributed by atoms with E-state index in [0.717, 1.165) is 51.2 Å². The third-order valence-electron chi connectivity index (χ3n) is 6.31. The fraction of sp³-hybridized carbons (Fsp3) is 0.161. The van der Waals surface area contributed by atoms with Crippen LogP contribution >= 0.6 is 11.3 Å². The number of fused-ring (bicyclic) bond motifs is 1. The van der Waals surface area contributed by atoms with E-state index in [2.05, 4.69) is 73.8 Å². The molecule has 1 N–H and O–H groups in total. The zero-order valence-corrected chi connectivity index (χ0v) is 20.8. The number of nitrogens with one attached hydrogen (secondary N) is 1. The van der Waals surface area contributed by atoms with Gasteiger partial charge >= 0.3 is 0 Å². The molecule has 3 nitrogen and oxygen atoms in total. The van der Waals surface area contributed by atoms with Crippen molar-refractivity contribution in [2.75, 3.05) is 0 Å². The molecule has 0 saturated carbocycles. The van der Waals surface area contributed by atoms with Gasteiger partial charge in [-0.15, -0.1) is 11.3 Å². The summed E-state index contributed by atoms with van der Waals surface area (Å²) in [7, 11) is 0. The number of thiazole rings is 1. The van der Waals surface area contributed by atoms with Crippen LogP contribution in [-0.4, -0.2) is 10.9 Å². The number of nitrogens with zero attached hydrogens (tertiary/aromatic N) is 1. The number of para-hydroxylation sites is 1. The number of carbonyl (C=O) groups is 1. The van der Waals surface area contributed by atoms with Crippen molar-refractivity contribution in [2.45, 2.75) is 32.7 Å². The van der Waals surface area contributed by atoms with Gasteiger partial charge in [0.25, 0.3) is 5.91 Å². The standard InChI is InChI=1S/C31H28N2OS/c1-3-11-27(22-12-5-4-6-13-22)32-30(34)23-18-19-24(21(2)20-23)25-14-7-8-15-26(25)31-33-28-16-9-10-17-29(28)35-31/h4-10,12-20,27H,3,11H2,1-2H3,(H,32,34)/t27-/m1/s1. The van der Waals surface area contributed by atoms with Crippen molar-refractivity contribution in [1.82, 2.24) is 10.3 Å². The second-order valence-corrected chi connectivity index (χ2v) is 9.82. The molecule has 174 valence electrons. The molecule has 0 fully saturated rings. The van der Waals surface area contributed by atoms with Gasteiger partial charge in [0.05, 0.1) is 16.3 Å². The Morgan fingerprint density at radius 1 is 0.857 bits per heavy atom. The Hall–Kier alpha value is -3.76. The van der Waals surface area contributed by atoms with E-state index in [1.165, 1.54) is 4.70 Å². The van der Waals surface area contributed by atoms with E-state index in [0.29, 0.717) is 5.56 Å². The molecule has 0 aliphatic rings. The summed E-state index contributed by atoms with van der Waals surface area (Å²) in [5.41, 5.74) is 7.26. The number of aromatic nitrogens is 1. The van der Waals surface area contributed by atoms with Crippen LogP contribution in [0.4, 0.5) is 0 Å². The molecule has 0 aliphatic carbocycles. The van der Waals surface area contributed by atoms with Crippen molar-refractivity contribution in [3.63, 3.8) is 0 Å². The molecule has 0 saturated heterocycles. The van der Waals surface area contributed by atoms with Crippen LogP contribution in [0.2, 0.25) is 0 Å². The highest BCUT2D eigenvalue weighted by Gasteiger charge is 2.17. The van der Waals surface area contributed by atoms with Gasteiger partial charge in [-0.05, 0) is 59.9 Å². The second kappa shape index (κ2) is 10.2. The van der Waals surface area contributed by atoms with Crippen LogP contribution in [0.25, 0.3) is 31.9 Å². The van der Waals surface area contributed by atoms with Crippen LogP contribution in [0, 0.1) is 6.92 Å². The number of rotatable bonds is 7. The summed E-state index contributed by atoms with van der Waals surface area (Å²) < 4.78 is 1.18. The van der Waals surface area contributed by atoms with E-state index in [1.807, 2.05) is 42.5 Å². The highest BCUT2D eigenvalue weighted by molar-refractivity contribution is 7.21. The number of hydrogen-bond acceptors (Lipinski definition) is 3. The van der Waals surface area contributed by atoms with Crippen molar-refractivity contribution in [1.29, 1.82) is 0 Å². The Labute approximate surface area is 210 Å². The van der Waals surface area contributed by atoms with E-state index < -0.39 is 0 Å². The van der Waals surface area contributed by atoms with Crippen molar-refractivity contribution >= 4 is 27.5 Å². The van der Waals surface area contributed by atoms with E-state index in [1.54, 1.807) is 11.3 Å². The highest BCUT2D eigenvalue weighted by Crippen LogP contribution is 2.37. The summed E-state index contributed by atoms with van der Waals surface area (Å²) in [6.45, 7) is 4.21. The Bertz CT molecular complexity index is 1440. The fourth-order valence-electron chi connectivity index (χ4n) is 4.54. The Morgan fingerprint density at radius 3 is 2.31 bits per heavy atom. The summed E-state index contributed by atoms with van der Waals surface area (Å²) in [6, 6.07) is 32.8. The van der Waals surface area contributed by atoms with Gasteiger partial charge in [-0.25, -0.2) is 4.98 Å². The summed E-state index contributed by atoms with van der Waals surface area (Å²) >= 11 is 1.71.